The second-order valence-corrected chi connectivity index (χ2v) is 6.10. The molecule has 1 aromatic heterocycles. The van der Waals surface area contributed by atoms with Gasteiger partial charge in [-0.05, 0) is 43.4 Å². The van der Waals surface area contributed by atoms with Crippen LogP contribution in [0.1, 0.15) is 41.5 Å². The van der Waals surface area contributed by atoms with Gasteiger partial charge in [0.2, 0.25) is 0 Å². The van der Waals surface area contributed by atoms with E-state index in [2.05, 4.69) is 10.9 Å². The van der Waals surface area contributed by atoms with Crippen molar-refractivity contribution >= 4 is 6.09 Å². The highest BCUT2D eigenvalue weighted by Gasteiger charge is 2.33. The van der Waals surface area contributed by atoms with Crippen molar-refractivity contribution in [3.8, 4) is 23.6 Å². The number of benzene rings is 1. The Morgan fingerprint density at radius 2 is 2.30 bits per heavy atom. The molecule has 1 aliphatic heterocycles. The maximum atomic E-state index is 11.4. The van der Waals surface area contributed by atoms with Crippen LogP contribution >= 0.6 is 0 Å². The zero-order chi connectivity index (χ0) is 16.0. The lowest BCUT2D eigenvalue weighted by molar-refractivity contribution is 0.139. The van der Waals surface area contributed by atoms with Crippen LogP contribution < -0.4 is 0 Å². The van der Waals surface area contributed by atoms with Crippen molar-refractivity contribution in [2.24, 2.45) is 0 Å². The molecule has 1 amide bonds. The number of H-pyrrole nitrogens is 1. The fourth-order valence-corrected chi connectivity index (χ4v) is 3.65. The van der Waals surface area contributed by atoms with Crippen LogP contribution in [0.4, 0.5) is 4.79 Å². The van der Waals surface area contributed by atoms with Gasteiger partial charge in [-0.15, -0.1) is 6.42 Å². The molecule has 1 fully saturated rings. The van der Waals surface area contributed by atoms with Gasteiger partial charge in [-0.3, -0.25) is 4.90 Å². The number of nitrogens with one attached hydrogen (secondary N) is 1. The summed E-state index contributed by atoms with van der Waals surface area (Å²) in [6.07, 6.45) is 8.10. The Hall–Kier alpha value is -2.74. The van der Waals surface area contributed by atoms with Crippen LogP contribution in [-0.4, -0.2) is 32.6 Å². The molecule has 116 valence electrons. The zero-order valence-electron chi connectivity index (χ0n) is 12.7. The lowest BCUT2D eigenvalue weighted by Crippen LogP contribution is -2.29. The monoisotopic (exact) mass is 307 g/mol. The molecule has 2 N–H and O–H groups in total. The van der Waals surface area contributed by atoms with Crippen molar-refractivity contribution in [1.82, 2.24) is 14.9 Å². The summed E-state index contributed by atoms with van der Waals surface area (Å²) >= 11 is 0. The molecule has 4 rings (SSSR count). The third kappa shape index (κ3) is 2.18. The van der Waals surface area contributed by atoms with Gasteiger partial charge in [0.15, 0.2) is 0 Å². The van der Waals surface area contributed by atoms with Crippen LogP contribution in [0.15, 0.2) is 18.2 Å². The molecular weight excluding hydrogens is 290 g/mol. The number of fused-ring (bicyclic) bond motifs is 3. The van der Waals surface area contributed by atoms with Gasteiger partial charge in [-0.25, -0.2) is 9.78 Å². The first kappa shape index (κ1) is 13.9. The van der Waals surface area contributed by atoms with E-state index in [-0.39, 0.29) is 6.04 Å². The zero-order valence-corrected chi connectivity index (χ0v) is 12.7. The molecule has 23 heavy (non-hydrogen) atoms. The maximum Gasteiger partial charge on any atom is 0.407 e. The summed E-state index contributed by atoms with van der Waals surface area (Å²) < 4.78 is 0. The highest BCUT2D eigenvalue weighted by molar-refractivity contribution is 5.70. The predicted molar refractivity (Wildman–Crippen MR) is 86.1 cm³/mol. The fraction of sp³-hybridized carbons (Fsp3) is 0.333. The number of carboxylic acid groups (broad SMARTS) is 1. The second kappa shape index (κ2) is 5.17. The average molecular weight is 307 g/mol. The standard InChI is InChI=1S/C18H17N3O2/c1-2-11-5-7-13-12(10-11)6-8-14-16(13)20-17(19-14)15-4-3-9-21(15)18(22)23/h1,5,7,10,15H,3-4,6,8-9H2,(H,19,20)(H,22,23). The summed E-state index contributed by atoms with van der Waals surface area (Å²) in [6, 6.07) is 5.84. The Kier molecular flexibility index (Phi) is 3.12. The number of imidazole rings is 1. The first-order valence-corrected chi connectivity index (χ1v) is 7.85. The summed E-state index contributed by atoms with van der Waals surface area (Å²) in [6.45, 7) is 0.577. The summed E-state index contributed by atoms with van der Waals surface area (Å²) in [5, 5.41) is 9.33. The Balaban J connectivity index is 1.74. The molecular formula is C18H17N3O2. The average Bonchev–Trinajstić information content (AvgIpc) is 3.20. The van der Waals surface area contributed by atoms with Gasteiger partial charge in [-0.1, -0.05) is 12.0 Å². The van der Waals surface area contributed by atoms with Gasteiger partial charge in [0.05, 0.1) is 11.7 Å². The number of amides is 1. The van der Waals surface area contributed by atoms with Gasteiger partial charge in [0, 0.05) is 23.4 Å². The summed E-state index contributed by atoms with van der Waals surface area (Å²) in [5.41, 5.74) is 5.25. The van der Waals surface area contributed by atoms with Crippen molar-refractivity contribution in [3.05, 3.63) is 40.8 Å². The van der Waals surface area contributed by atoms with E-state index in [9.17, 15) is 9.90 Å². The van der Waals surface area contributed by atoms with Crippen LogP contribution in [0.2, 0.25) is 0 Å². The minimum absolute atomic E-state index is 0.161. The number of nitrogens with zero attached hydrogens (tertiary/aromatic N) is 2. The number of carbonyl (C=O) groups is 1. The van der Waals surface area contributed by atoms with E-state index in [1.807, 2.05) is 18.2 Å². The van der Waals surface area contributed by atoms with Gasteiger partial charge in [-0.2, -0.15) is 0 Å². The van der Waals surface area contributed by atoms with Crippen molar-refractivity contribution in [2.45, 2.75) is 31.7 Å². The number of likely N-dealkylation sites (tertiary alicyclic amines) is 1. The Morgan fingerprint density at radius 3 is 3.09 bits per heavy atom. The molecule has 2 aromatic rings. The Bertz CT molecular complexity index is 831. The van der Waals surface area contributed by atoms with Crippen LogP contribution in [0.3, 0.4) is 0 Å². The third-order valence-corrected chi connectivity index (χ3v) is 4.78. The van der Waals surface area contributed by atoms with Crippen molar-refractivity contribution in [2.75, 3.05) is 6.54 Å². The van der Waals surface area contributed by atoms with Gasteiger partial charge >= 0.3 is 6.09 Å². The van der Waals surface area contributed by atoms with E-state index in [1.54, 1.807) is 0 Å². The molecule has 5 nitrogen and oxygen atoms in total. The van der Waals surface area contributed by atoms with Crippen LogP contribution in [0.25, 0.3) is 11.3 Å². The van der Waals surface area contributed by atoms with Crippen LogP contribution in [-0.2, 0) is 12.8 Å². The Morgan fingerprint density at radius 1 is 1.43 bits per heavy atom. The molecule has 2 heterocycles. The molecule has 0 bridgehead atoms. The minimum atomic E-state index is -0.874. The smallest absolute Gasteiger partial charge is 0.407 e. The number of hydrogen-bond acceptors (Lipinski definition) is 2. The molecule has 1 aromatic carbocycles. The lowest BCUT2D eigenvalue weighted by atomic mass is 9.91. The number of rotatable bonds is 1. The van der Waals surface area contributed by atoms with E-state index in [4.69, 9.17) is 11.4 Å². The molecule has 1 aliphatic carbocycles. The lowest BCUT2D eigenvalue weighted by Gasteiger charge is -2.19. The maximum absolute atomic E-state index is 11.4. The molecule has 1 unspecified atom stereocenters. The number of aromatic amines is 1. The van der Waals surface area contributed by atoms with E-state index in [1.165, 1.54) is 10.5 Å². The molecule has 2 aliphatic rings. The summed E-state index contributed by atoms with van der Waals surface area (Å²) in [4.78, 5) is 21.0. The highest BCUT2D eigenvalue weighted by Crippen LogP contribution is 2.36. The predicted octanol–water partition coefficient (Wildman–Crippen LogP) is 2.97. The van der Waals surface area contributed by atoms with E-state index >= 15 is 0 Å². The molecule has 0 radical (unpaired) electrons. The van der Waals surface area contributed by atoms with E-state index in [0.717, 1.165) is 54.0 Å². The number of hydrogen-bond donors (Lipinski definition) is 2. The number of aromatic nitrogens is 2. The summed E-state index contributed by atoms with van der Waals surface area (Å²) in [7, 11) is 0. The minimum Gasteiger partial charge on any atom is -0.465 e. The first-order valence-electron chi connectivity index (χ1n) is 7.85. The third-order valence-electron chi connectivity index (χ3n) is 4.78. The van der Waals surface area contributed by atoms with E-state index in [0.29, 0.717) is 6.54 Å². The van der Waals surface area contributed by atoms with Crippen molar-refractivity contribution < 1.29 is 9.90 Å². The topological polar surface area (TPSA) is 69.2 Å². The quantitative estimate of drug-likeness (QED) is 0.796. The van der Waals surface area contributed by atoms with Gasteiger partial charge in [0.1, 0.15) is 5.82 Å². The molecule has 5 heteroatoms. The van der Waals surface area contributed by atoms with Crippen LogP contribution in [0, 0.1) is 12.3 Å². The largest absolute Gasteiger partial charge is 0.465 e. The molecule has 0 saturated carbocycles. The molecule has 1 saturated heterocycles. The molecule has 0 spiro atoms. The van der Waals surface area contributed by atoms with Crippen molar-refractivity contribution in [1.29, 1.82) is 0 Å². The first-order chi connectivity index (χ1) is 11.2. The fourth-order valence-electron chi connectivity index (χ4n) is 3.65. The second-order valence-electron chi connectivity index (χ2n) is 6.10. The van der Waals surface area contributed by atoms with E-state index < -0.39 is 6.09 Å². The Labute approximate surface area is 134 Å². The SMILES string of the molecule is C#Cc1ccc2c(c1)CCc1[nH]c(C3CCCN3C(=O)O)nc1-2. The normalized spacial score (nSPS) is 19.1. The van der Waals surface area contributed by atoms with Gasteiger partial charge in [0.25, 0.3) is 0 Å². The highest BCUT2D eigenvalue weighted by atomic mass is 16.4. The van der Waals surface area contributed by atoms with Gasteiger partial charge < -0.3 is 10.1 Å². The summed E-state index contributed by atoms with van der Waals surface area (Å²) in [5.74, 6) is 3.44. The van der Waals surface area contributed by atoms with Crippen LogP contribution in [0.5, 0.6) is 0 Å². The number of aryl methyl sites for hydroxylation is 2. The molecule has 1 atom stereocenters. The van der Waals surface area contributed by atoms with Crippen molar-refractivity contribution in [3.63, 3.8) is 0 Å². The number of terminal acetylenes is 1.